The lowest BCUT2D eigenvalue weighted by Gasteiger charge is -2.06. The molecule has 60 heavy (non-hydrogen) atoms. The molecule has 0 aliphatic carbocycles. The molecule has 0 bridgehead atoms. The van der Waals surface area contributed by atoms with Crippen molar-refractivity contribution in [3.05, 3.63) is 0 Å². The van der Waals surface area contributed by atoms with Gasteiger partial charge < -0.3 is 106 Å². The average Bonchev–Trinajstić information content (AvgIpc) is 3.19. The van der Waals surface area contributed by atoms with Gasteiger partial charge in [-0.3, -0.25) is 9.59 Å². The monoisotopic (exact) mass is 887 g/mol. The lowest BCUT2D eigenvalue weighted by molar-refractivity contribution is -0.143. The summed E-state index contributed by atoms with van der Waals surface area (Å²) in [4.78, 5) is 49.6. The fraction of sp³-hybridized carbons (Fsp3) is 0.853. The van der Waals surface area contributed by atoms with Crippen molar-refractivity contribution in [1.29, 1.82) is 0 Å². The van der Waals surface area contributed by atoms with Gasteiger partial charge in [0.25, 0.3) is 0 Å². The summed E-state index contributed by atoms with van der Waals surface area (Å²) in [6, 6.07) is 0. The molecule has 26 nitrogen and oxygen atoms in total. The van der Waals surface area contributed by atoms with Crippen LogP contribution in [0.3, 0.4) is 0 Å². The summed E-state index contributed by atoms with van der Waals surface area (Å²) in [6.45, 7) is 9.47. The molecule has 0 amide bonds. The van der Waals surface area contributed by atoms with Crippen molar-refractivity contribution in [3.8, 4) is 0 Å². The second-order valence-corrected chi connectivity index (χ2v) is 10.5. The lowest BCUT2D eigenvalue weighted by Crippen LogP contribution is -2.15. The Morgan fingerprint density at radius 1 is 0.250 bits per heavy atom. The van der Waals surface area contributed by atoms with E-state index in [-0.39, 0.29) is 52.5 Å². The van der Waals surface area contributed by atoms with E-state index in [2.05, 4.69) is 9.47 Å². The zero-order valence-corrected chi connectivity index (χ0v) is 34.7. The molecule has 0 saturated heterocycles. The summed E-state index contributed by atoms with van der Waals surface area (Å²) >= 11 is 0. The molecule has 0 aliphatic rings. The van der Waals surface area contributed by atoms with E-state index in [1.165, 1.54) is 0 Å². The van der Waals surface area contributed by atoms with E-state index in [1.807, 2.05) is 0 Å². The van der Waals surface area contributed by atoms with Gasteiger partial charge in [0.05, 0.1) is 138 Å². The van der Waals surface area contributed by atoms with Crippen LogP contribution in [-0.4, -0.2) is 233 Å². The Morgan fingerprint density at radius 2 is 0.417 bits per heavy atom. The molecule has 0 atom stereocenters. The van der Waals surface area contributed by atoms with Crippen LogP contribution in [0.25, 0.3) is 0 Å². The van der Waals surface area contributed by atoms with Crippen LogP contribution in [0.1, 0.15) is 12.8 Å². The van der Waals surface area contributed by atoms with Crippen molar-refractivity contribution in [2.24, 2.45) is 28.7 Å². The van der Waals surface area contributed by atoms with Crippen LogP contribution in [0.4, 0.5) is 0 Å². The van der Waals surface area contributed by atoms with Crippen molar-refractivity contribution in [1.82, 2.24) is 0 Å². The zero-order chi connectivity index (χ0) is 46.2. The summed E-state index contributed by atoms with van der Waals surface area (Å²) in [7, 11) is 0. The summed E-state index contributed by atoms with van der Waals surface area (Å²) in [5, 5.41) is 40.8. The summed E-state index contributed by atoms with van der Waals surface area (Å²) < 4.78 is 54.4. The summed E-state index contributed by atoms with van der Waals surface area (Å²) in [5.74, 6) is -4.60. The highest BCUT2D eigenvalue weighted by Gasteiger charge is 1.98. The number of hydrogen-bond donors (Lipinski definition) is 10. The standard InChI is InChI=1S/C11H23NO6.C8H17NO5.C6H13NO4.C5H11NO3.C4H9NO3/c12-2-4-16-6-8-18-10-9-17-7-5-15-3-1-11(13)14;9-1-2-12-3-4-13-5-6-14-7-8(10)11;7-1-2-10-3-4-11-5-6(8)9;6-2-4-9-3-1-5(7)8;5-1-2-8-3-4(6)7/h1-10,12H2,(H,13,14);1-7,9H2,(H,10,11);1-5,7H2,(H,8,9);1-4,6H2,(H,7,8);1-3,5H2,(H,6,7). The Labute approximate surface area is 351 Å². The fourth-order valence-corrected chi connectivity index (χ4v) is 2.74. The van der Waals surface area contributed by atoms with Gasteiger partial charge in [0.2, 0.25) is 0 Å². The Hall–Kier alpha value is -3.29. The molecule has 26 heteroatoms. The molecular weight excluding hydrogens is 814 g/mol. The molecule has 0 unspecified atom stereocenters. The maximum absolute atomic E-state index is 10.2. The van der Waals surface area contributed by atoms with Crippen LogP contribution in [0, 0.1) is 0 Å². The number of rotatable bonds is 40. The van der Waals surface area contributed by atoms with Gasteiger partial charge in [-0.1, -0.05) is 0 Å². The highest BCUT2D eigenvalue weighted by Crippen LogP contribution is 1.86. The largest absolute Gasteiger partial charge is 0.481 e. The quantitative estimate of drug-likeness (QED) is 0.0263. The third-order valence-corrected chi connectivity index (χ3v) is 5.14. The minimum atomic E-state index is -0.976. The van der Waals surface area contributed by atoms with Gasteiger partial charge >= 0.3 is 29.8 Å². The van der Waals surface area contributed by atoms with Crippen molar-refractivity contribution < 1.29 is 102 Å². The van der Waals surface area contributed by atoms with Crippen molar-refractivity contribution >= 4 is 29.8 Å². The zero-order valence-electron chi connectivity index (χ0n) is 34.7. The van der Waals surface area contributed by atoms with Crippen LogP contribution in [0.5, 0.6) is 0 Å². The van der Waals surface area contributed by atoms with E-state index < -0.39 is 29.8 Å². The Bertz CT molecular complexity index is 916. The molecule has 0 saturated carbocycles. The number of carboxylic acids is 5. The first kappa shape index (κ1) is 65.8. The van der Waals surface area contributed by atoms with E-state index in [1.54, 1.807) is 0 Å². The van der Waals surface area contributed by atoms with Gasteiger partial charge in [0.1, 0.15) is 19.8 Å². The number of carboxylic acid groups (broad SMARTS) is 5. The van der Waals surface area contributed by atoms with E-state index in [9.17, 15) is 24.0 Å². The number of carbonyl (C=O) groups is 5. The summed E-state index contributed by atoms with van der Waals surface area (Å²) in [6.07, 6.45) is 0.0753. The molecule has 0 spiro atoms. The van der Waals surface area contributed by atoms with Crippen LogP contribution in [-0.2, 0) is 76.1 Å². The lowest BCUT2D eigenvalue weighted by atomic mass is 10.5. The van der Waals surface area contributed by atoms with Gasteiger partial charge in [0.15, 0.2) is 0 Å². The fourth-order valence-electron chi connectivity index (χ4n) is 2.74. The molecule has 0 heterocycles. The van der Waals surface area contributed by atoms with Crippen LogP contribution in [0.2, 0.25) is 0 Å². The van der Waals surface area contributed by atoms with Crippen LogP contribution < -0.4 is 28.7 Å². The van der Waals surface area contributed by atoms with Crippen molar-refractivity contribution in [2.45, 2.75) is 12.8 Å². The van der Waals surface area contributed by atoms with E-state index >= 15 is 0 Å². The first-order chi connectivity index (χ1) is 28.9. The molecule has 0 aliphatic heterocycles. The molecule has 15 N–H and O–H groups in total. The smallest absolute Gasteiger partial charge is 0.329 e. The Morgan fingerprint density at radius 3 is 0.633 bits per heavy atom. The Kier molecular flexibility index (Phi) is 68.4. The molecule has 360 valence electrons. The first-order valence-electron chi connectivity index (χ1n) is 18.8. The minimum Gasteiger partial charge on any atom is -0.481 e. The number of ether oxygens (including phenoxy) is 11. The molecule has 0 radical (unpaired) electrons. The third-order valence-electron chi connectivity index (χ3n) is 5.14. The SMILES string of the molecule is NCCOCC(=O)O.NCCOCCC(=O)O.NCCOCCOCC(=O)O.NCCOCCOCCOCC(=O)O.NCCOCCOCCOCCOCCC(=O)O. The number of nitrogens with two attached hydrogens (primary N) is 5. The maximum Gasteiger partial charge on any atom is 0.329 e. The Balaban J connectivity index is -0.000000217. The molecular formula is C34H73N5O21. The van der Waals surface area contributed by atoms with E-state index in [0.29, 0.717) is 138 Å². The highest BCUT2D eigenvalue weighted by molar-refractivity contribution is 5.68. The highest BCUT2D eigenvalue weighted by atomic mass is 16.6. The van der Waals surface area contributed by atoms with Gasteiger partial charge in [-0.05, 0) is 0 Å². The van der Waals surface area contributed by atoms with E-state index in [4.69, 9.17) is 96.8 Å². The minimum absolute atomic E-state index is 0.0198. The molecule has 0 aromatic heterocycles. The van der Waals surface area contributed by atoms with Gasteiger partial charge in [-0.15, -0.1) is 0 Å². The van der Waals surface area contributed by atoms with Crippen molar-refractivity contribution in [2.75, 3.05) is 178 Å². The molecule has 0 aromatic carbocycles. The molecule has 0 aromatic rings. The molecule has 0 fully saturated rings. The van der Waals surface area contributed by atoms with Gasteiger partial charge in [0, 0.05) is 32.7 Å². The van der Waals surface area contributed by atoms with Gasteiger partial charge in [-0.25, -0.2) is 14.4 Å². The first-order valence-corrected chi connectivity index (χ1v) is 18.8. The maximum atomic E-state index is 10.2. The van der Waals surface area contributed by atoms with Crippen LogP contribution in [0.15, 0.2) is 0 Å². The predicted octanol–water partition coefficient (Wildman–Crippen LogP) is -3.89. The van der Waals surface area contributed by atoms with E-state index in [0.717, 1.165) is 0 Å². The second kappa shape index (κ2) is 62.4. The van der Waals surface area contributed by atoms with Gasteiger partial charge in [-0.2, -0.15) is 0 Å². The number of aliphatic carboxylic acids is 5. The molecule has 0 rings (SSSR count). The number of hydrogen-bond acceptors (Lipinski definition) is 21. The summed E-state index contributed by atoms with van der Waals surface area (Å²) in [5.41, 5.74) is 25.6. The average molecular weight is 888 g/mol. The second-order valence-electron chi connectivity index (χ2n) is 10.5. The third kappa shape index (κ3) is 90.7. The normalized spacial score (nSPS) is 10.1. The van der Waals surface area contributed by atoms with Crippen LogP contribution >= 0.6 is 0 Å². The topological polar surface area (TPSA) is 418 Å². The predicted molar refractivity (Wildman–Crippen MR) is 212 cm³/mol. The van der Waals surface area contributed by atoms with Crippen molar-refractivity contribution in [3.63, 3.8) is 0 Å².